The first-order chi connectivity index (χ1) is 7.29. The highest BCUT2D eigenvalue weighted by Gasteiger charge is 2.26. The maximum absolute atomic E-state index is 11.7. The molecule has 0 aromatic rings. The number of carbonyl (C=O) groups excluding carboxylic acids is 1. The van der Waals surface area contributed by atoms with Gasteiger partial charge < -0.3 is 4.74 Å². The number of likely N-dealkylation sites (N-methyl/N-ethyl adjacent to an activating group) is 1. The third kappa shape index (κ3) is 3.92. The summed E-state index contributed by atoms with van der Waals surface area (Å²) in [4.78, 5) is 14.0. The third-order valence-corrected chi connectivity index (χ3v) is 3.10. The summed E-state index contributed by atoms with van der Waals surface area (Å²) in [5, 5.41) is 0. The van der Waals surface area contributed by atoms with E-state index >= 15 is 0 Å². The molecule has 3 heteroatoms. The maximum atomic E-state index is 11.7. The monoisotopic (exact) mass is 213 g/mol. The van der Waals surface area contributed by atoms with Gasteiger partial charge in [-0.05, 0) is 26.3 Å². The molecule has 0 radical (unpaired) electrons. The van der Waals surface area contributed by atoms with Crippen LogP contribution in [0.1, 0.15) is 39.5 Å². The van der Waals surface area contributed by atoms with Crippen molar-refractivity contribution in [1.82, 2.24) is 4.90 Å². The van der Waals surface area contributed by atoms with E-state index in [1.807, 2.05) is 6.92 Å². The van der Waals surface area contributed by atoms with E-state index in [-0.39, 0.29) is 6.04 Å². The fourth-order valence-electron chi connectivity index (χ4n) is 2.21. The summed E-state index contributed by atoms with van der Waals surface area (Å²) < 4.78 is 5.34. The molecule has 0 aliphatic heterocycles. The lowest BCUT2D eigenvalue weighted by Crippen LogP contribution is -2.44. The second-order valence-electron chi connectivity index (χ2n) is 4.05. The highest BCUT2D eigenvalue weighted by Crippen LogP contribution is 2.19. The molecule has 0 amide bonds. The van der Waals surface area contributed by atoms with Gasteiger partial charge in [-0.3, -0.25) is 9.69 Å². The van der Waals surface area contributed by atoms with Crippen LogP contribution in [0.3, 0.4) is 0 Å². The van der Waals surface area contributed by atoms with E-state index in [9.17, 15) is 4.79 Å². The van der Waals surface area contributed by atoms with Crippen LogP contribution >= 0.6 is 0 Å². The molecule has 15 heavy (non-hydrogen) atoms. The molecule has 0 spiro atoms. The third-order valence-electron chi connectivity index (χ3n) is 3.10. The van der Waals surface area contributed by atoms with Crippen molar-refractivity contribution in [2.75, 3.05) is 26.3 Å². The number of Topliss-reactive ketones (excluding diaryl/α,β-unsaturated/α-hetero) is 1. The highest BCUT2D eigenvalue weighted by molar-refractivity contribution is 5.84. The van der Waals surface area contributed by atoms with Crippen LogP contribution in [0.2, 0.25) is 0 Å². The van der Waals surface area contributed by atoms with Crippen molar-refractivity contribution >= 4 is 5.78 Å². The number of rotatable bonds is 6. The zero-order valence-electron chi connectivity index (χ0n) is 10.00. The minimum Gasteiger partial charge on any atom is -0.380 e. The van der Waals surface area contributed by atoms with Gasteiger partial charge in [0.25, 0.3) is 0 Å². The lowest BCUT2D eigenvalue weighted by molar-refractivity contribution is -0.126. The van der Waals surface area contributed by atoms with Crippen molar-refractivity contribution in [3.05, 3.63) is 0 Å². The predicted molar refractivity (Wildman–Crippen MR) is 61.0 cm³/mol. The van der Waals surface area contributed by atoms with Crippen LogP contribution in [-0.4, -0.2) is 43.0 Å². The summed E-state index contributed by atoms with van der Waals surface area (Å²) in [5.41, 5.74) is 0. The van der Waals surface area contributed by atoms with E-state index in [0.717, 1.165) is 45.6 Å². The number of carbonyl (C=O) groups is 1. The van der Waals surface area contributed by atoms with E-state index in [2.05, 4.69) is 11.8 Å². The molecule has 1 aliphatic carbocycles. The second-order valence-corrected chi connectivity index (χ2v) is 4.05. The van der Waals surface area contributed by atoms with Gasteiger partial charge in [-0.25, -0.2) is 0 Å². The van der Waals surface area contributed by atoms with Crippen LogP contribution in [0.25, 0.3) is 0 Å². The van der Waals surface area contributed by atoms with Gasteiger partial charge in [0.15, 0.2) is 0 Å². The summed E-state index contributed by atoms with van der Waals surface area (Å²) in [5.74, 6) is 0.430. The van der Waals surface area contributed by atoms with Crippen LogP contribution in [-0.2, 0) is 9.53 Å². The summed E-state index contributed by atoms with van der Waals surface area (Å²) in [7, 11) is 0. The van der Waals surface area contributed by atoms with Crippen LogP contribution in [0.5, 0.6) is 0 Å². The highest BCUT2D eigenvalue weighted by atomic mass is 16.5. The molecule has 0 heterocycles. The van der Waals surface area contributed by atoms with E-state index in [4.69, 9.17) is 4.74 Å². The largest absolute Gasteiger partial charge is 0.380 e. The molecule has 1 aliphatic rings. The zero-order chi connectivity index (χ0) is 11.1. The Balaban J connectivity index is 2.37. The molecule has 1 saturated carbocycles. The van der Waals surface area contributed by atoms with Gasteiger partial charge in [0.2, 0.25) is 0 Å². The van der Waals surface area contributed by atoms with Gasteiger partial charge in [0, 0.05) is 19.6 Å². The van der Waals surface area contributed by atoms with Crippen molar-refractivity contribution in [2.45, 2.75) is 45.6 Å². The van der Waals surface area contributed by atoms with E-state index < -0.39 is 0 Å². The number of hydrogen-bond donors (Lipinski definition) is 0. The maximum Gasteiger partial charge on any atom is 0.149 e. The lowest BCUT2D eigenvalue weighted by atomic mass is 9.93. The molecule has 0 aromatic heterocycles. The van der Waals surface area contributed by atoms with Crippen molar-refractivity contribution in [2.24, 2.45) is 0 Å². The SMILES string of the molecule is CCOCCN(CC)C1CCCCC1=O. The molecular formula is C12H23NO2. The molecule has 0 N–H and O–H groups in total. The predicted octanol–water partition coefficient (Wildman–Crippen LogP) is 1.86. The standard InChI is InChI=1S/C12H23NO2/c1-3-13(9-10-15-4-2)11-7-5-6-8-12(11)14/h11H,3-10H2,1-2H3. The van der Waals surface area contributed by atoms with E-state index in [0.29, 0.717) is 5.78 Å². The number of hydrogen-bond acceptors (Lipinski definition) is 3. The van der Waals surface area contributed by atoms with Crippen molar-refractivity contribution < 1.29 is 9.53 Å². The fourth-order valence-corrected chi connectivity index (χ4v) is 2.21. The Morgan fingerprint density at radius 1 is 1.40 bits per heavy atom. The molecule has 3 nitrogen and oxygen atoms in total. The lowest BCUT2D eigenvalue weighted by Gasteiger charge is -2.32. The van der Waals surface area contributed by atoms with Gasteiger partial charge in [0.05, 0.1) is 12.6 Å². The summed E-state index contributed by atoms with van der Waals surface area (Å²) in [6.45, 7) is 7.46. The minimum atomic E-state index is 0.171. The Bertz CT molecular complexity index is 194. The first kappa shape index (κ1) is 12.7. The van der Waals surface area contributed by atoms with Crippen LogP contribution < -0.4 is 0 Å². The van der Waals surface area contributed by atoms with Crippen LogP contribution in [0.15, 0.2) is 0 Å². The summed E-state index contributed by atoms with van der Waals surface area (Å²) in [6.07, 6.45) is 4.09. The van der Waals surface area contributed by atoms with Crippen molar-refractivity contribution in [3.8, 4) is 0 Å². The molecule has 1 rings (SSSR count). The smallest absolute Gasteiger partial charge is 0.149 e. The molecule has 1 fully saturated rings. The average Bonchev–Trinajstić information content (AvgIpc) is 2.26. The van der Waals surface area contributed by atoms with E-state index in [1.54, 1.807) is 0 Å². The Morgan fingerprint density at radius 2 is 2.20 bits per heavy atom. The fraction of sp³-hybridized carbons (Fsp3) is 0.917. The molecule has 1 atom stereocenters. The van der Waals surface area contributed by atoms with Gasteiger partial charge in [-0.15, -0.1) is 0 Å². The zero-order valence-corrected chi connectivity index (χ0v) is 10.00. The number of nitrogens with zero attached hydrogens (tertiary/aromatic N) is 1. The Labute approximate surface area is 92.8 Å². The topological polar surface area (TPSA) is 29.5 Å². The van der Waals surface area contributed by atoms with Crippen molar-refractivity contribution in [3.63, 3.8) is 0 Å². The van der Waals surface area contributed by atoms with Crippen LogP contribution in [0.4, 0.5) is 0 Å². The van der Waals surface area contributed by atoms with E-state index in [1.165, 1.54) is 6.42 Å². The Kier molecular flexibility index (Phi) is 5.88. The van der Waals surface area contributed by atoms with Gasteiger partial charge in [-0.1, -0.05) is 13.3 Å². The van der Waals surface area contributed by atoms with Crippen molar-refractivity contribution in [1.29, 1.82) is 0 Å². The Hall–Kier alpha value is -0.410. The van der Waals surface area contributed by atoms with Gasteiger partial charge in [0.1, 0.15) is 5.78 Å². The molecule has 88 valence electrons. The molecule has 0 bridgehead atoms. The molecule has 0 saturated heterocycles. The van der Waals surface area contributed by atoms with Gasteiger partial charge >= 0.3 is 0 Å². The number of ketones is 1. The number of ether oxygens (including phenoxy) is 1. The second kappa shape index (κ2) is 6.96. The Morgan fingerprint density at radius 3 is 2.80 bits per heavy atom. The molecule has 0 aromatic carbocycles. The summed E-state index contributed by atoms with van der Waals surface area (Å²) in [6, 6.07) is 0.171. The minimum absolute atomic E-state index is 0.171. The molecule has 1 unspecified atom stereocenters. The normalized spacial score (nSPS) is 22.3. The molecular weight excluding hydrogens is 190 g/mol. The quantitative estimate of drug-likeness (QED) is 0.631. The first-order valence-electron chi connectivity index (χ1n) is 6.14. The summed E-state index contributed by atoms with van der Waals surface area (Å²) >= 11 is 0. The van der Waals surface area contributed by atoms with Gasteiger partial charge in [-0.2, -0.15) is 0 Å². The van der Waals surface area contributed by atoms with Crippen LogP contribution in [0, 0.1) is 0 Å². The first-order valence-corrected chi connectivity index (χ1v) is 6.14. The average molecular weight is 213 g/mol.